The maximum Gasteiger partial charge on any atom is 0.262 e. The second kappa shape index (κ2) is 14.4. The second-order valence-electron chi connectivity index (χ2n) is 12.1. The van der Waals surface area contributed by atoms with Crippen molar-refractivity contribution in [3.05, 3.63) is 105 Å². The zero-order valence-electron chi connectivity index (χ0n) is 27.0. The number of halogens is 2. The summed E-state index contributed by atoms with van der Waals surface area (Å²) in [6, 6.07) is 19.1. The molecule has 0 radical (unpaired) electrons. The van der Waals surface area contributed by atoms with Crippen LogP contribution in [0.2, 0.25) is 10.0 Å². The lowest BCUT2D eigenvalue weighted by Gasteiger charge is -2.24. The number of hydrogen-bond acceptors (Lipinski definition) is 8. The quantitative estimate of drug-likeness (QED) is 0.166. The minimum atomic E-state index is -0.139. The number of fused-ring (bicyclic) bond motifs is 1. The van der Waals surface area contributed by atoms with Crippen molar-refractivity contribution in [2.75, 3.05) is 20.7 Å². The molecule has 2 aromatic carbocycles. The Morgan fingerprint density at radius 3 is 2.44 bits per heavy atom. The van der Waals surface area contributed by atoms with Gasteiger partial charge in [-0.15, -0.1) is 0 Å². The van der Waals surface area contributed by atoms with Crippen molar-refractivity contribution in [2.45, 2.75) is 45.1 Å². The van der Waals surface area contributed by atoms with E-state index >= 15 is 0 Å². The third-order valence-corrected chi connectivity index (χ3v) is 9.31. The lowest BCUT2D eigenvalue weighted by molar-refractivity contribution is -0.119. The number of rotatable bonds is 11. The van der Waals surface area contributed by atoms with Crippen LogP contribution in [-0.2, 0) is 17.9 Å². The zero-order chi connectivity index (χ0) is 33.9. The van der Waals surface area contributed by atoms with Gasteiger partial charge in [0.2, 0.25) is 11.8 Å². The van der Waals surface area contributed by atoms with Crippen LogP contribution in [0.3, 0.4) is 0 Å². The molecule has 0 saturated carbocycles. The van der Waals surface area contributed by atoms with E-state index in [-0.39, 0.29) is 23.7 Å². The Kier molecular flexibility index (Phi) is 10.1. The van der Waals surface area contributed by atoms with Gasteiger partial charge in [0.05, 0.1) is 29.0 Å². The molecule has 10 nitrogen and oxygen atoms in total. The number of aromatic nitrogens is 3. The van der Waals surface area contributed by atoms with Crippen molar-refractivity contribution in [3.8, 4) is 39.4 Å². The molecule has 2 atom stereocenters. The highest BCUT2D eigenvalue weighted by Crippen LogP contribution is 2.42. The van der Waals surface area contributed by atoms with Gasteiger partial charge in [-0.25, -0.2) is 9.97 Å². The van der Waals surface area contributed by atoms with Crippen LogP contribution in [0, 0.1) is 0 Å². The van der Waals surface area contributed by atoms with Crippen LogP contribution in [0.5, 0.6) is 5.88 Å². The highest BCUT2D eigenvalue weighted by molar-refractivity contribution is 6.39. The highest BCUT2D eigenvalue weighted by atomic mass is 35.5. The van der Waals surface area contributed by atoms with Gasteiger partial charge in [0.25, 0.3) is 5.56 Å². The number of methoxy groups -OCH3 is 1. The van der Waals surface area contributed by atoms with Crippen molar-refractivity contribution in [3.63, 3.8) is 0 Å². The molecule has 6 rings (SSSR count). The number of ether oxygens (including phenoxy) is 1. The molecule has 0 spiro atoms. The standard InChI is InChI=1S/C36H37Cl2N7O3/c1-21(39)17-40-18-24-19-41-31-16-22(14-15-45(31)36(24)47)25-6-4-7-26(33(25)37)27-8-5-9-28(34(27)38)29-11-10-23(35(42-29)48-3)20-44(2)30-12-13-32(46)43-30/h4-11,14-16,19,21,30,40H,12-13,17-18,20,39H2,1-3H3,(H,43,46)/t21-,30-/m0/s1. The number of nitrogens with one attached hydrogen (secondary N) is 2. The first-order chi connectivity index (χ1) is 23.1. The summed E-state index contributed by atoms with van der Waals surface area (Å²) in [6.07, 6.45) is 4.59. The van der Waals surface area contributed by atoms with Crippen molar-refractivity contribution in [1.82, 2.24) is 29.9 Å². The molecule has 4 N–H and O–H groups in total. The van der Waals surface area contributed by atoms with Crippen LogP contribution < -0.4 is 26.7 Å². The fourth-order valence-corrected chi connectivity index (χ4v) is 6.62. The van der Waals surface area contributed by atoms with E-state index in [0.29, 0.717) is 58.9 Å². The number of carbonyl (C=O) groups is 1. The largest absolute Gasteiger partial charge is 0.481 e. The molecule has 12 heteroatoms. The van der Waals surface area contributed by atoms with Gasteiger partial charge in [0.1, 0.15) is 5.65 Å². The molecule has 1 fully saturated rings. The van der Waals surface area contributed by atoms with Crippen LogP contribution >= 0.6 is 23.2 Å². The first-order valence-corrected chi connectivity index (χ1v) is 16.5. The number of nitrogens with two attached hydrogens (primary N) is 1. The minimum absolute atomic E-state index is 0.0136. The van der Waals surface area contributed by atoms with Crippen molar-refractivity contribution in [2.24, 2.45) is 5.73 Å². The average molecular weight is 687 g/mol. The summed E-state index contributed by atoms with van der Waals surface area (Å²) in [5, 5.41) is 7.20. The zero-order valence-corrected chi connectivity index (χ0v) is 28.5. The van der Waals surface area contributed by atoms with E-state index in [0.717, 1.165) is 39.8 Å². The summed E-state index contributed by atoms with van der Waals surface area (Å²) in [7, 11) is 3.56. The fourth-order valence-electron chi connectivity index (χ4n) is 5.96. The van der Waals surface area contributed by atoms with Gasteiger partial charge in [-0.05, 0) is 44.2 Å². The Labute approximate surface area is 288 Å². The van der Waals surface area contributed by atoms with Gasteiger partial charge in [0, 0.05) is 77.9 Å². The molecular formula is C36H37Cl2N7O3. The normalized spacial score (nSPS) is 15.2. The Balaban J connectivity index is 1.29. The fraction of sp³-hybridized carbons (Fsp3) is 0.278. The van der Waals surface area contributed by atoms with Gasteiger partial charge in [-0.1, -0.05) is 65.7 Å². The Hall–Kier alpha value is -4.32. The SMILES string of the molecule is COc1nc(-c2cccc(-c3cccc(-c4ccn5c(=O)c(CNC[C@H](C)N)cnc5c4)c3Cl)c2Cl)ccc1CN(C)[C@H]1CCC(=O)N1. The predicted octanol–water partition coefficient (Wildman–Crippen LogP) is 5.51. The third-order valence-electron chi connectivity index (χ3n) is 8.49. The van der Waals surface area contributed by atoms with Gasteiger partial charge in [-0.3, -0.25) is 18.9 Å². The van der Waals surface area contributed by atoms with Gasteiger partial charge in [-0.2, -0.15) is 0 Å². The van der Waals surface area contributed by atoms with Crippen LogP contribution in [0.4, 0.5) is 0 Å². The van der Waals surface area contributed by atoms with Crippen molar-refractivity contribution in [1.29, 1.82) is 0 Å². The number of hydrogen-bond donors (Lipinski definition) is 3. The van der Waals surface area contributed by atoms with Crippen molar-refractivity contribution < 1.29 is 9.53 Å². The predicted molar refractivity (Wildman–Crippen MR) is 190 cm³/mol. The molecule has 48 heavy (non-hydrogen) atoms. The molecule has 1 amide bonds. The molecule has 0 unspecified atom stereocenters. The van der Waals surface area contributed by atoms with Crippen molar-refractivity contribution >= 4 is 34.8 Å². The van der Waals surface area contributed by atoms with Gasteiger partial charge >= 0.3 is 0 Å². The number of carbonyl (C=O) groups excluding carboxylic acids is 1. The summed E-state index contributed by atoms with van der Waals surface area (Å²) in [5.41, 5.74) is 12.1. The second-order valence-corrected chi connectivity index (χ2v) is 12.8. The molecule has 3 aromatic heterocycles. The Bertz CT molecular complexity index is 2050. The number of nitrogens with zero attached hydrogens (tertiary/aromatic N) is 4. The summed E-state index contributed by atoms with van der Waals surface area (Å²) < 4.78 is 7.21. The lowest BCUT2D eigenvalue weighted by Crippen LogP contribution is -2.40. The number of benzene rings is 2. The smallest absolute Gasteiger partial charge is 0.262 e. The maximum atomic E-state index is 13.1. The monoisotopic (exact) mass is 685 g/mol. The molecule has 0 aliphatic carbocycles. The Morgan fingerprint density at radius 2 is 1.75 bits per heavy atom. The molecular weight excluding hydrogens is 649 g/mol. The van der Waals surface area contributed by atoms with E-state index in [1.165, 1.54) is 4.40 Å². The molecule has 1 aliphatic rings. The lowest BCUT2D eigenvalue weighted by atomic mass is 9.97. The average Bonchev–Trinajstić information content (AvgIpc) is 3.52. The molecule has 1 aliphatic heterocycles. The summed E-state index contributed by atoms with van der Waals surface area (Å²) in [4.78, 5) is 36.2. The first-order valence-electron chi connectivity index (χ1n) is 15.7. The summed E-state index contributed by atoms with van der Waals surface area (Å²) in [5.74, 6) is 0.553. The van der Waals surface area contributed by atoms with E-state index in [4.69, 9.17) is 38.7 Å². The van der Waals surface area contributed by atoms with E-state index in [9.17, 15) is 9.59 Å². The van der Waals surface area contributed by atoms with Gasteiger partial charge < -0.3 is 21.1 Å². The van der Waals surface area contributed by atoms with E-state index in [1.807, 2.05) is 74.6 Å². The van der Waals surface area contributed by atoms with E-state index in [2.05, 4.69) is 20.5 Å². The number of amides is 1. The van der Waals surface area contributed by atoms with E-state index < -0.39 is 0 Å². The maximum absolute atomic E-state index is 13.1. The molecule has 1 saturated heterocycles. The molecule has 5 aromatic rings. The first kappa shape index (κ1) is 33.6. The summed E-state index contributed by atoms with van der Waals surface area (Å²) >= 11 is 14.2. The summed E-state index contributed by atoms with van der Waals surface area (Å²) in [6.45, 7) is 3.45. The third kappa shape index (κ3) is 6.94. The Morgan fingerprint density at radius 1 is 1.04 bits per heavy atom. The van der Waals surface area contributed by atoms with Crippen LogP contribution in [0.1, 0.15) is 30.9 Å². The molecule has 0 bridgehead atoms. The topological polar surface area (TPSA) is 127 Å². The van der Waals surface area contributed by atoms with Crippen LogP contribution in [-0.4, -0.2) is 58.1 Å². The van der Waals surface area contributed by atoms with Crippen LogP contribution in [0.25, 0.3) is 39.2 Å². The molecule has 4 heterocycles. The molecule has 248 valence electrons. The van der Waals surface area contributed by atoms with Crippen LogP contribution in [0.15, 0.2) is 77.9 Å². The minimum Gasteiger partial charge on any atom is -0.481 e. The highest BCUT2D eigenvalue weighted by Gasteiger charge is 2.25. The van der Waals surface area contributed by atoms with E-state index in [1.54, 1.807) is 19.5 Å². The van der Waals surface area contributed by atoms with Gasteiger partial charge in [0.15, 0.2) is 0 Å². The number of pyridine rings is 2.